The second-order valence-corrected chi connectivity index (χ2v) is 6.29. The summed E-state index contributed by atoms with van der Waals surface area (Å²) in [6, 6.07) is 0. The Morgan fingerprint density at radius 1 is 1.44 bits per heavy atom. The van der Waals surface area contributed by atoms with Crippen molar-refractivity contribution in [1.82, 2.24) is 5.32 Å². The molecule has 0 saturated heterocycles. The highest BCUT2D eigenvalue weighted by Gasteiger charge is 2.41. The van der Waals surface area contributed by atoms with Crippen molar-refractivity contribution in [3.8, 4) is 0 Å². The molecule has 0 heterocycles. The van der Waals surface area contributed by atoms with Crippen molar-refractivity contribution >= 4 is 29.1 Å². The number of halogens is 2. The largest absolute Gasteiger partial charge is 0.348 e. The Labute approximate surface area is 108 Å². The summed E-state index contributed by atoms with van der Waals surface area (Å²) in [4.78, 5) is 12.2. The van der Waals surface area contributed by atoms with Crippen LogP contribution in [0.1, 0.15) is 40.0 Å². The van der Waals surface area contributed by atoms with Crippen LogP contribution in [0.5, 0.6) is 0 Å². The first-order valence-electron chi connectivity index (χ1n) is 5.78. The van der Waals surface area contributed by atoms with E-state index in [-0.39, 0.29) is 17.2 Å². The van der Waals surface area contributed by atoms with Crippen LogP contribution in [0.4, 0.5) is 0 Å². The molecular weight excluding hydrogens is 245 g/mol. The minimum absolute atomic E-state index is 0.0956. The zero-order valence-electron chi connectivity index (χ0n) is 10.3. The van der Waals surface area contributed by atoms with Gasteiger partial charge in [-0.2, -0.15) is 0 Å². The second kappa shape index (κ2) is 5.14. The van der Waals surface area contributed by atoms with Gasteiger partial charge in [0.1, 0.15) is 0 Å². The lowest BCUT2D eigenvalue weighted by Gasteiger charge is -2.32. The molecule has 1 unspecified atom stereocenters. The third-order valence-corrected chi connectivity index (χ3v) is 4.77. The van der Waals surface area contributed by atoms with Crippen LogP contribution in [0.25, 0.3) is 0 Å². The first kappa shape index (κ1) is 14.1. The Balaban J connectivity index is 2.65. The summed E-state index contributed by atoms with van der Waals surface area (Å²) in [7, 11) is 0. The second-order valence-electron chi connectivity index (χ2n) is 5.75. The fraction of sp³-hybridized carbons (Fsp3) is 0.917. The zero-order valence-corrected chi connectivity index (χ0v) is 11.8. The molecule has 1 aliphatic rings. The molecule has 0 radical (unpaired) electrons. The molecule has 0 aromatic carbocycles. The third-order valence-electron chi connectivity index (χ3n) is 3.59. The maximum Gasteiger partial charge on any atom is 0.224 e. The van der Waals surface area contributed by atoms with E-state index in [1.165, 1.54) is 0 Å². The standard InChI is InChI=1S/C12H21Cl2NO/c1-11(2)6-4-5-9(11)10(16)15-12(3,7-13)8-14/h9H,4-8H2,1-3H3,(H,15,16). The van der Waals surface area contributed by atoms with E-state index in [4.69, 9.17) is 23.2 Å². The van der Waals surface area contributed by atoms with Crippen LogP contribution in [0.15, 0.2) is 0 Å². The highest BCUT2D eigenvalue weighted by atomic mass is 35.5. The Morgan fingerprint density at radius 3 is 2.38 bits per heavy atom. The maximum atomic E-state index is 12.2. The summed E-state index contributed by atoms with van der Waals surface area (Å²) in [5.41, 5.74) is -0.386. The number of alkyl halides is 2. The van der Waals surface area contributed by atoms with E-state index in [0.717, 1.165) is 19.3 Å². The molecular formula is C12H21Cl2NO. The van der Waals surface area contributed by atoms with Crippen LogP contribution >= 0.6 is 23.2 Å². The molecule has 0 spiro atoms. The van der Waals surface area contributed by atoms with Gasteiger partial charge in [0.2, 0.25) is 5.91 Å². The van der Waals surface area contributed by atoms with Crippen LogP contribution in [0, 0.1) is 11.3 Å². The Hall–Kier alpha value is 0.0500. The van der Waals surface area contributed by atoms with Crippen molar-refractivity contribution in [2.75, 3.05) is 11.8 Å². The topological polar surface area (TPSA) is 29.1 Å². The smallest absolute Gasteiger partial charge is 0.224 e. The molecule has 2 nitrogen and oxygen atoms in total. The van der Waals surface area contributed by atoms with E-state index in [9.17, 15) is 4.79 Å². The minimum Gasteiger partial charge on any atom is -0.348 e. The van der Waals surface area contributed by atoms with E-state index < -0.39 is 5.54 Å². The lowest BCUT2D eigenvalue weighted by Crippen LogP contribution is -2.52. The number of nitrogens with one attached hydrogen (secondary N) is 1. The van der Waals surface area contributed by atoms with Gasteiger partial charge in [-0.05, 0) is 25.2 Å². The van der Waals surface area contributed by atoms with E-state index in [0.29, 0.717) is 11.8 Å². The molecule has 0 aromatic rings. The van der Waals surface area contributed by atoms with Crippen molar-refractivity contribution in [3.05, 3.63) is 0 Å². The van der Waals surface area contributed by atoms with Crippen molar-refractivity contribution < 1.29 is 4.79 Å². The average Bonchev–Trinajstić information content (AvgIpc) is 2.58. The zero-order chi connectivity index (χ0) is 12.4. The van der Waals surface area contributed by atoms with E-state index >= 15 is 0 Å². The lowest BCUT2D eigenvalue weighted by molar-refractivity contribution is -0.129. The van der Waals surface area contributed by atoms with Crippen LogP contribution in [0.3, 0.4) is 0 Å². The molecule has 1 fully saturated rings. The van der Waals surface area contributed by atoms with Crippen LogP contribution in [-0.4, -0.2) is 23.2 Å². The van der Waals surface area contributed by atoms with Gasteiger partial charge in [-0.3, -0.25) is 4.79 Å². The van der Waals surface area contributed by atoms with E-state index in [1.54, 1.807) is 0 Å². The minimum atomic E-state index is -0.487. The number of hydrogen-bond donors (Lipinski definition) is 1. The van der Waals surface area contributed by atoms with Crippen LogP contribution in [-0.2, 0) is 4.79 Å². The van der Waals surface area contributed by atoms with Gasteiger partial charge >= 0.3 is 0 Å². The molecule has 1 N–H and O–H groups in total. The molecule has 16 heavy (non-hydrogen) atoms. The number of amides is 1. The first-order valence-corrected chi connectivity index (χ1v) is 6.85. The van der Waals surface area contributed by atoms with Gasteiger partial charge in [0.15, 0.2) is 0 Å². The number of hydrogen-bond acceptors (Lipinski definition) is 1. The number of rotatable bonds is 4. The fourth-order valence-corrected chi connectivity index (χ4v) is 2.72. The SMILES string of the molecule is CC(CCl)(CCl)NC(=O)C1CCCC1(C)C. The molecule has 1 saturated carbocycles. The van der Waals surface area contributed by atoms with E-state index in [1.807, 2.05) is 6.92 Å². The molecule has 4 heteroatoms. The summed E-state index contributed by atoms with van der Waals surface area (Å²) in [6.07, 6.45) is 3.21. The Morgan fingerprint density at radius 2 is 2.00 bits per heavy atom. The highest BCUT2D eigenvalue weighted by Crippen LogP contribution is 2.42. The average molecular weight is 266 g/mol. The summed E-state index contributed by atoms with van der Waals surface area (Å²) in [5.74, 6) is 0.884. The summed E-state index contributed by atoms with van der Waals surface area (Å²) >= 11 is 11.7. The van der Waals surface area contributed by atoms with Gasteiger partial charge in [0.25, 0.3) is 0 Å². The molecule has 0 bridgehead atoms. The van der Waals surface area contributed by atoms with E-state index in [2.05, 4.69) is 19.2 Å². The third kappa shape index (κ3) is 3.04. The first-order chi connectivity index (χ1) is 7.34. The van der Waals surface area contributed by atoms with Crippen molar-refractivity contribution in [2.45, 2.75) is 45.6 Å². The molecule has 94 valence electrons. The van der Waals surface area contributed by atoms with Crippen molar-refractivity contribution in [1.29, 1.82) is 0 Å². The molecule has 0 aliphatic heterocycles. The molecule has 1 aliphatic carbocycles. The Kier molecular flexibility index (Phi) is 4.53. The van der Waals surface area contributed by atoms with Gasteiger partial charge in [-0.25, -0.2) is 0 Å². The predicted octanol–water partition coefficient (Wildman–Crippen LogP) is 3.17. The summed E-state index contributed by atoms with van der Waals surface area (Å²) in [6.45, 7) is 6.19. The molecule has 1 atom stereocenters. The Bertz CT molecular complexity index is 262. The molecule has 1 rings (SSSR count). The lowest BCUT2D eigenvalue weighted by atomic mass is 9.81. The monoisotopic (exact) mass is 265 g/mol. The van der Waals surface area contributed by atoms with Gasteiger partial charge in [0.05, 0.1) is 5.54 Å². The van der Waals surface area contributed by atoms with Crippen LogP contribution < -0.4 is 5.32 Å². The van der Waals surface area contributed by atoms with Crippen molar-refractivity contribution in [2.24, 2.45) is 11.3 Å². The summed E-state index contributed by atoms with van der Waals surface area (Å²) < 4.78 is 0. The van der Waals surface area contributed by atoms with Gasteiger partial charge in [0, 0.05) is 17.7 Å². The van der Waals surface area contributed by atoms with Gasteiger partial charge < -0.3 is 5.32 Å². The van der Waals surface area contributed by atoms with Gasteiger partial charge in [-0.1, -0.05) is 20.3 Å². The maximum absolute atomic E-state index is 12.2. The molecule has 0 aromatic heterocycles. The fourth-order valence-electron chi connectivity index (χ4n) is 2.30. The normalized spacial score (nSPS) is 24.4. The van der Waals surface area contributed by atoms with Crippen molar-refractivity contribution in [3.63, 3.8) is 0 Å². The number of carbonyl (C=O) groups is 1. The number of carbonyl (C=O) groups excluding carboxylic acids is 1. The summed E-state index contributed by atoms with van der Waals surface area (Å²) in [5, 5.41) is 2.99. The van der Waals surface area contributed by atoms with Crippen LogP contribution in [0.2, 0.25) is 0 Å². The predicted molar refractivity (Wildman–Crippen MR) is 69.1 cm³/mol. The quantitative estimate of drug-likeness (QED) is 0.778. The van der Waals surface area contributed by atoms with Gasteiger partial charge in [-0.15, -0.1) is 23.2 Å². The molecule has 1 amide bonds. The highest BCUT2D eigenvalue weighted by molar-refractivity contribution is 6.22.